The van der Waals surface area contributed by atoms with E-state index in [-0.39, 0.29) is 18.4 Å². The number of nitrogens with zero attached hydrogens (tertiary/aromatic N) is 4. The van der Waals surface area contributed by atoms with Gasteiger partial charge >= 0.3 is 5.97 Å². The van der Waals surface area contributed by atoms with Crippen molar-refractivity contribution in [2.45, 2.75) is 12.8 Å². The molecule has 27 heavy (non-hydrogen) atoms. The van der Waals surface area contributed by atoms with Gasteiger partial charge in [-0.2, -0.15) is 0 Å². The molecule has 0 aliphatic rings. The molecule has 8 nitrogen and oxygen atoms in total. The summed E-state index contributed by atoms with van der Waals surface area (Å²) in [6.45, 7) is 2.17. The Balaban J connectivity index is 1.45. The zero-order chi connectivity index (χ0) is 19.1. The van der Waals surface area contributed by atoms with Crippen LogP contribution in [-0.2, 0) is 9.53 Å². The third-order valence-corrected chi connectivity index (χ3v) is 4.02. The van der Waals surface area contributed by atoms with Crippen molar-refractivity contribution in [3.05, 3.63) is 72.1 Å². The van der Waals surface area contributed by atoms with Gasteiger partial charge < -0.3 is 10.1 Å². The van der Waals surface area contributed by atoms with E-state index in [0.29, 0.717) is 17.8 Å². The predicted molar refractivity (Wildman–Crippen MR) is 97.3 cm³/mol. The van der Waals surface area contributed by atoms with Crippen LogP contribution in [0.25, 0.3) is 5.69 Å². The summed E-state index contributed by atoms with van der Waals surface area (Å²) >= 11 is 0. The zero-order valence-electron chi connectivity index (χ0n) is 14.8. The Morgan fingerprint density at radius 3 is 2.52 bits per heavy atom. The van der Waals surface area contributed by atoms with Gasteiger partial charge in [-0.15, -0.1) is 5.10 Å². The van der Waals surface area contributed by atoms with Gasteiger partial charge in [0.1, 0.15) is 6.33 Å². The maximum atomic E-state index is 12.1. The molecule has 1 N–H and O–H groups in total. The molecule has 1 heterocycles. The second-order valence-corrected chi connectivity index (χ2v) is 5.99. The van der Waals surface area contributed by atoms with Crippen molar-refractivity contribution in [1.29, 1.82) is 0 Å². The van der Waals surface area contributed by atoms with E-state index in [1.54, 1.807) is 24.3 Å². The number of carbonyl (C=O) groups excluding carboxylic acids is 2. The Morgan fingerprint density at radius 1 is 1.11 bits per heavy atom. The van der Waals surface area contributed by atoms with Crippen LogP contribution in [0, 0.1) is 0 Å². The summed E-state index contributed by atoms with van der Waals surface area (Å²) in [4.78, 5) is 24.0. The first-order chi connectivity index (χ1) is 13.1. The summed E-state index contributed by atoms with van der Waals surface area (Å²) in [5.74, 6) is -0.731. The van der Waals surface area contributed by atoms with Crippen LogP contribution in [0.5, 0.6) is 0 Å². The molecular weight excluding hydrogens is 346 g/mol. The smallest absolute Gasteiger partial charge is 0.338 e. The summed E-state index contributed by atoms with van der Waals surface area (Å²) in [5, 5.41) is 13.6. The first-order valence-electron chi connectivity index (χ1n) is 8.45. The molecule has 138 valence electrons. The van der Waals surface area contributed by atoms with E-state index in [2.05, 4.69) is 20.8 Å². The lowest BCUT2D eigenvalue weighted by atomic mass is 10.0. The van der Waals surface area contributed by atoms with Crippen LogP contribution in [0.2, 0.25) is 0 Å². The monoisotopic (exact) mass is 365 g/mol. The molecule has 1 amide bonds. The molecule has 0 fully saturated rings. The molecule has 2 aromatic carbocycles. The van der Waals surface area contributed by atoms with Crippen LogP contribution < -0.4 is 5.32 Å². The highest BCUT2D eigenvalue weighted by Crippen LogP contribution is 2.13. The normalized spacial score (nSPS) is 11.6. The quantitative estimate of drug-likeness (QED) is 0.640. The molecule has 0 bridgehead atoms. The fourth-order valence-corrected chi connectivity index (χ4v) is 2.46. The standard InChI is InChI=1S/C19H19N5O3/c1-14(15-5-3-2-4-6-15)11-20-18(25)12-27-19(26)16-7-9-17(10-8-16)24-13-21-22-23-24/h2-10,13-14H,11-12H2,1H3,(H,20,25)/t14-/m1/s1. The molecule has 0 saturated carbocycles. The van der Waals surface area contributed by atoms with Crippen LogP contribution in [-0.4, -0.2) is 45.2 Å². The van der Waals surface area contributed by atoms with E-state index in [1.807, 2.05) is 37.3 Å². The van der Waals surface area contributed by atoms with E-state index >= 15 is 0 Å². The number of aromatic nitrogens is 4. The van der Waals surface area contributed by atoms with Crippen molar-refractivity contribution in [3.8, 4) is 5.69 Å². The molecule has 0 aliphatic carbocycles. The summed E-state index contributed by atoms with van der Waals surface area (Å²) in [6, 6.07) is 16.4. The maximum Gasteiger partial charge on any atom is 0.338 e. The third kappa shape index (κ3) is 4.97. The largest absolute Gasteiger partial charge is 0.452 e. The Kier molecular flexibility index (Phi) is 5.88. The molecule has 8 heteroatoms. The lowest BCUT2D eigenvalue weighted by molar-refractivity contribution is -0.124. The number of tetrazole rings is 1. The Labute approximate surface area is 156 Å². The number of ether oxygens (including phenoxy) is 1. The van der Waals surface area contributed by atoms with Crippen LogP contribution in [0.3, 0.4) is 0 Å². The highest BCUT2D eigenvalue weighted by atomic mass is 16.5. The minimum absolute atomic E-state index is 0.171. The fourth-order valence-electron chi connectivity index (χ4n) is 2.46. The summed E-state index contributed by atoms with van der Waals surface area (Å²) in [6.07, 6.45) is 1.45. The molecule has 1 atom stereocenters. The SMILES string of the molecule is C[C@H](CNC(=O)COC(=O)c1ccc(-n2cnnn2)cc1)c1ccccc1. The molecule has 1 aromatic heterocycles. The van der Waals surface area contributed by atoms with Gasteiger partial charge in [-0.25, -0.2) is 9.48 Å². The van der Waals surface area contributed by atoms with Gasteiger partial charge in [-0.05, 0) is 46.2 Å². The van der Waals surface area contributed by atoms with E-state index in [1.165, 1.54) is 11.0 Å². The number of carbonyl (C=O) groups is 2. The van der Waals surface area contributed by atoms with Gasteiger partial charge in [0.25, 0.3) is 5.91 Å². The molecule has 0 spiro atoms. The number of benzene rings is 2. The zero-order valence-corrected chi connectivity index (χ0v) is 14.8. The number of nitrogens with one attached hydrogen (secondary N) is 1. The Hall–Kier alpha value is -3.55. The summed E-state index contributed by atoms with van der Waals surface area (Å²) in [5.41, 5.74) is 2.19. The lowest BCUT2D eigenvalue weighted by Crippen LogP contribution is -2.31. The van der Waals surface area contributed by atoms with Crippen LogP contribution in [0.15, 0.2) is 60.9 Å². The number of amides is 1. The van der Waals surface area contributed by atoms with Gasteiger partial charge in [0.05, 0.1) is 11.3 Å². The number of hydrogen-bond donors (Lipinski definition) is 1. The van der Waals surface area contributed by atoms with Crippen molar-refractivity contribution in [2.24, 2.45) is 0 Å². The number of esters is 1. The van der Waals surface area contributed by atoms with Crippen molar-refractivity contribution in [2.75, 3.05) is 13.2 Å². The van der Waals surface area contributed by atoms with Gasteiger partial charge in [0.15, 0.2) is 6.61 Å². The average molecular weight is 365 g/mol. The summed E-state index contributed by atoms with van der Waals surface area (Å²) < 4.78 is 6.53. The average Bonchev–Trinajstić information content (AvgIpc) is 3.26. The topological polar surface area (TPSA) is 99.0 Å². The van der Waals surface area contributed by atoms with Gasteiger partial charge in [0.2, 0.25) is 0 Å². The first kappa shape index (κ1) is 18.2. The third-order valence-electron chi connectivity index (χ3n) is 4.02. The number of rotatable bonds is 7. The predicted octanol–water partition coefficient (Wildman–Crippen LogP) is 1.74. The molecule has 0 aliphatic heterocycles. The van der Waals surface area contributed by atoms with Crippen molar-refractivity contribution in [3.63, 3.8) is 0 Å². The first-order valence-corrected chi connectivity index (χ1v) is 8.45. The summed E-state index contributed by atoms with van der Waals surface area (Å²) in [7, 11) is 0. The second kappa shape index (κ2) is 8.70. The molecule has 0 unspecified atom stereocenters. The van der Waals surface area contributed by atoms with Gasteiger partial charge in [0, 0.05) is 6.54 Å². The highest BCUT2D eigenvalue weighted by molar-refractivity contribution is 5.91. The molecule has 0 radical (unpaired) electrons. The fraction of sp³-hybridized carbons (Fsp3) is 0.211. The van der Waals surface area contributed by atoms with Crippen LogP contribution in [0.4, 0.5) is 0 Å². The van der Waals surface area contributed by atoms with Crippen molar-refractivity contribution >= 4 is 11.9 Å². The minimum atomic E-state index is -0.565. The van der Waals surface area contributed by atoms with Gasteiger partial charge in [-0.1, -0.05) is 37.3 Å². The van der Waals surface area contributed by atoms with Gasteiger partial charge in [-0.3, -0.25) is 4.79 Å². The van der Waals surface area contributed by atoms with Crippen molar-refractivity contribution in [1.82, 2.24) is 25.5 Å². The van der Waals surface area contributed by atoms with E-state index < -0.39 is 5.97 Å². The minimum Gasteiger partial charge on any atom is -0.452 e. The second-order valence-electron chi connectivity index (χ2n) is 5.99. The van der Waals surface area contributed by atoms with E-state index in [0.717, 1.165) is 5.56 Å². The van der Waals surface area contributed by atoms with E-state index in [4.69, 9.17) is 4.74 Å². The van der Waals surface area contributed by atoms with Crippen molar-refractivity contribution < 1.29 is 14.3 Å². The lowest BCUT2D eigenvalue weighted by Gasteiger charge is -2.13. The maximum absolute atomic E-state index is 12.1. The molecule has 3 aromatic rings. The van der Waals surface area contributed by atoms with Crippen LogP contribution >= 0.6 is 0 Å². The number of hydrogen-bond acceptors (Lipinski definition) is 6. The Morgan fingerprint density at radius 2 is 1.85 bits per heavy atom. The van der Waals surface area contributed by atoms with E-state index in [9.17, 15) is 9.59 Å². The Bertz CT molecular complexity index is 879. The molecule has 3 rings (SSSR count). The highest BCUT2D eigenvalue weighted by Gasteiger charge is 2.12. The van der Waals surface area contributed by atoms with Crippen LogP contribution in [0.1, 0.15) is 28.8 Å². The molecule has 0 saturated heterocycles. The molecular formula is C19H19N5O3.